The third-order valence-corrected chi connectivity index (χ3v) is 2.93. The van der Waals surface area contributed by atoms with Crippen LogP contribution in [-0.4, -0.2) is 32.1 Å². The first kappa shape index (κ1) is 14.3. The minimum Gasteiger partial charge on any atom is -0.478 e. The van der Waals surface area contributed by atoms with Crippen LogP contribution in [0, 0.1) is 0 Å². The molecule has 0 aliphatic carbocycles. The smallest absolute Gasteiger partial charge is 0.478 e. The van der Waals surface area contributed by atoms with Crippen LogP contribution in [0.1, 0.15) is 10.4 Å². The van der Waals surface area contributed by atoms with Gasteiger partial charge in [0.05, 0.1) is 5.56 Å². The van der Waals surface area contributed by atoms with Crippen molar-refractivity contribution in [3.8, 4) is 5.75 Å². The van der Waals surface area contributed by atoms with E-state index in [-0.39, 0.29) is 0 Å². The number of hydrogen-bond donors (Lipinski definition) is 1. The largest absolute Gasteiger partial charge is 0.573 e. The summed E-state index contributed by atoms with van der Waals surface area (Å²) in [5.74, 6) is -2.42. The maximum atomic E-state index is 12.0. The number of benzene rings is 1. The fourth-order valence-corrected chi connectivity index (χ4v) is 1.96. The first-order valence-electron chi connectivity index (χ1n) is 4.34. The average Bonchev–Trinajstić information content (AvgIpc) is 2.13. The van der Waals surface area contributed by atoms with E-state index in [9.17, 15) is 26.4 Å². The van der Waals surface area contributed by atoms with Crippen molar-refractivity contribution in [2.45, 2.75) is 11.3 Å². The molecule has 0 heterocycles. The Labute approximate surface area is 99.7 Å². The number of carboxylic acid groups (broad SMARTS) is 1. The SMILES string of the molecule is CS(=O)(=O)c1cc(C(=O)O)ccc1OC(F)(F)F. The number of ether oxygens (including phenoxy) is 1. The van der Waals surface area contributed by atoms with Gasteiger partial charge in [0.2, 0.25) is 0 Å². The highest BCUT2D eigenvalue weighted by Crippen LogP contribution is 2.30. The Morgan fingerprint density at radius 1 is 1.33 bits per heavy atom. The van der Waals surface area contributed by atoms with Crippen LogP contribution in [0.5, 0.6) is 5.75 Å². The van der Waals surface area contributed by atoms with Crippen molar-refractivity contribution in [1.29, 1.82) is 0 Å². The van der Waals surface area contributed by atoms with Gasteiger partial charge in [0, 0.05) is 6.26 Å². The van der Waals surface area contributed by atoms with E-state index in [4.69, 9.17) is 5.11 Å². The molecule has 100 valence electrons. The molecule has 0 aromatic heterocycles. The van der Waals surface area contributed by atoms with Crippen molar-refractivity contribution in [2.75, 3.05) is 6.26 Å². The van der Waals surface area contributed by atoms with Crippen LogP contribution in [0.3, 0.4) is 0 Å². The highest BCUT2D eigenvalue weighted by atomic mass is 32.2. The van der Waals surface area contributed by atoms with Crippen LogP contribution in [0.2, 0.25) is 0 Å². The van der Waals surface area contributed by atoms with E-state index in [0.29, 0.717) is 18.4 Å². The van der Waals surface area contributed by atoms with Crippen LogP contribution in [0.25, 0.3) is 0 Å². The third kappa shape index (κ3) is 3.62. The molecule has 0 fully saturated rings. The standard InChI is InChI=1S/C9H7F3O5S/c1-18(15,16)7-4-5(8(13)14)2-3-6(7)17-9(10,11)12/h2-4H,1H3,(H,13,14). The Balaban J connectivity index is 3.40. The third-order valence-electron chi connectivity index (χ3n) is 1.82. The molecule has 1 aromatic rings. The zero-order chi connectivity index (χ0) is 14.1. The van der Waals surface area contributed by atoms with Gasteiger partial charge in [0.15, 0.2) is 9.84 Å². The van der Waals surface area contributed by atoms with Crippen LogP contribution in [0.4, 0.5) is 13.2 Å². The first-order valence-corrected chi connectivity index (χ1v) is 6.23. The van der Waals surface area contributed by atoms with Gasteiger partial charge in [-0.3, -0.25) is 0 Å². The minimum absolute atomic E-state index is 0.454. The Kier molecular flexibility index (Phi) is 3.56. The van der Waals surface area contributed by atoms with Gasteiger partial charge in [0.25, 0.3) is 0 Å². The summed E-state index contributed by atoms with van der Waals surface area (Å²) < 4.78 is 62.2. The summed E-state index contributed by atoms with van der Waals surface area (Å²) in [7, 11) is -4.05. The molecule has 0 saturated heterocycles. The molecule has 18 heavy (non-hydrogen) atoms. The van der Waals surface area contributed by atoms with Crippen molar-refractivity contribution in [1.82, 2.24) is 0 Å². The second kappa shape index (κ2) is 4.48. The van der Waals surface area contributed by atoms with E-state index in [1.807, 2.05) is 0 Å². The van der Waals surface area contributed by atoms with Gasteiger partial charge in [-0.1, -0.05) is 0 Å². The molecule has 9 heteroatoms. The number of aromatic carboxylic acids is 1. The maximum absolute atomic E-state index is 12.0. The lowest BCUT2D eigenvalue weighted by atomic mass is 10.2. The monoisotopic (exact) mass is 284 g/mol. The summed E-state index contributed by atoms with van der Waals surface area (Å²) in [4.78, 5) is 9.79. The van der Waals surface area contributed by atoms with Gasteiger partial charge in [-0.25, -0.2) is 13.2 Å². The molecule has 0 saturated carbocycles. The lowest BCUT2D eigenvalue weighted by molar-refractivity contribution is -0.275. The van der Waals surface area contributed by atoms with Crippen molar-refractivity contribution in [2.24, 2.45) is 0 Å². The summed E-state index contributed by atoms with van der Waals surface area (Å²) in [5, 5.41) is 8.64. The van der Waals surface area contributed by atoms with E-state index in [2.05, 4.69) is 4.74 Å². The zero-order valence-electron chi connectivity index (χ0n) is 8.85. The van der Waals surface area contributed by atoms with E-state index >= 15 is 0 Å². The fraction of sp³-hybridized carbons (Fsp3) is 0.222. The summed E-state index contributed by atoms with van der Waals surface area (Å²) in [6.45, 7) is 0. The lowest BCUT2D eigenvalue weighted by Gasteiger charge is -2.12. The summed E-state index contributed by atoms with van der Waals surface area (Å²) in [6, 6.07) is 2.07. The highest BCUT2D eigenvalue weighted by Gasteiger charge is 2.33. The van der Waals surface area contributed by atoms with Gasteiger partial charge in [0.1, 0.15) is 10.6 Å². The Bertz CT molecular complexity index is 576. The maximum Gasteiger partial charge on any atom is 0.573 e. The molecule has 0 spiro atoms. The predicted octanol–water partition coefficient (Wildman–Crippen LogP) is 1.69. The summed E-state index contributed by atoms with van der Waals surface area (Å²) in [5.41, 5.74) is -0.454. The Morgan fingerprint density at radius 3 is 2.28 bits per heavy atom. The molecule has 0 radical (unpaired) electrons. The number of carbonyl (C=O) groups is 1. The number of halogens is 3. The van der Waals surface area contributed by atoms with Gasteiger partial charge in [-0.05, 0) is 18.2 Å². The summed E-state index contributed by atoms with van der Waals surface area (Å²) in [6.07, 6.45) is -4.42. The van der Waals surface area contributed by atoms with E-state index in [1.165, 1.54) is 0 Å². The van der Waals surface area contributed by atoms with Crippen LogP contribution < -0.4 is 4.74 Å². The number of rotatable bonds is 3. The molecule has 0 atom stereocenters. The first-order chi connectivity index (χ1) is 8.00. The van der Waals surface area contributed by atoms with Crippen LogP contribution in [0.15, 0.2) is 23.1 Å². The van der Waals surface area contributed by atoms with Gasteiger partial charge in [-0.15, -0.1) is 13.2 Å². The van der Waals surface area contributed by atoms with Crippen molar-refractivity contribution < 1.29 is 36.2 Å². The second-order valence-electron chi connectivity index (χ2n) is 3.29. The number of sulfone groups is 1. The fourth-order valence-electron chi connectivity index (χ4n) is 1.14. The highest BCUT2D eigenvalue weighted by molar-refractivity contribution is 7.90. The quantitative estimate of drug-likeness (QED) is 0.913. The van der Waals surface area contributed by atoms with Gasteiger partial charge >= 0.3 is 12.3 Å². The normalized spacial score (nSPS) is 12.2. The van der Waals surface area contributed by atoms with Crippen molar-refractivity contribution in [3.63, 3.8) is 0 Å². The topological polar surface area (TPSA) is 80.7 Å². The predicted molar refractivity (Wildman–Crippen MR) is 53.2 cm³/mol. The Hall–Kier alpha value is -1.77. The second-order valence-corrected chi connectivity index (χ2v) is 5.27. The van der Waals surface area contributed by atoms with Crippen LogP contribution >= 0.6 is 0 Å². The summed E-state index contributed by atoms with van der Waals surface area (Å²) >= 11 is 0. The van der Waals surface area contributed by atoms with Crippen LogP contribution in [-0.2, 0) is 9.84 Å². The van der Waals surface area contributed by atoms with E-state index < -0.39 is 38.4 Å². The molecule has 0 bridgehead atoms. The minimum atomic E-state index is -5.07. The molecule has 0 amide bonds. The Morgan fingerprint density at radius 2 is 1.89 bits per heavy atom. The molecular weight excluding hydrogens is 277 g/mol. The van der Waals surface area contributed by atoms with Crippen molar-refractivity contribution >= 4 is 15.8 Å². The van der Waals surface area contributed by atoms with Gasteiger partial charge in [-0.2, -0.15) is 0 Å². The molecule has 0 aliphatic heterocycles. The molecule has 5 nitrogen and oxygen atoms in total. The molecule has 0 aliphatic rings. The molecule has 1 rings (SSSR count). The van der Waals surface area contributed by atoms with E-state index in [0.717, 1.165) is 6.07 Å². The molecular formula is C9H7F3O5S. The molecule has 1 N–H and O–H groups in total. The zero-order valence-corrected chi connectivity index (χ0v) is 9.67. The average molecular weight is 284 g/mol. The van der Waals surface area contributed by atoms with Crippen molar-refractivity contribution in [3.05, 3.63) is 23.8 Å². The van der Waals surface area contributed by atoms with Gasteiger partial charge < -0.3 is 9.84 Å². The molecule has 1 aromatic carbocycles. The van der Waals surface area contributed by atoms with E-state index in [1.54, 1.807) is 0 Å². The number of hydrogen-bond acceptors (Lipinski definition) is 4. The number of carboxylic acids is 1. The number of alkyl halides is 3. The molecule has 0 unspecified atom stereocenters. The lowest BCUT2D eigenvalue weighted by Crippen LogP contribution is -2.19.